The van der Waals surface area contributed by atoms with Gasteiger partial charge in [0.05, 0.1) is 12.2 Å². The molecule has 0 atom stereocenters. The monoisotopic (exact) mass is 236 g/mol. The molecule has 0 bridgehead atoms. The summed E-state index contributed by atoms with van der Waals surface area (Å²) in [6.07, 6.45) is 2.09. The largest absolute Gasteiger partial charge is 0.487 e. The Kier molecular flexibility index (Phi) is 3.22. The molecule has 1 aliphatic rings. The second-order valence-corrected chi connectivity index (χ2v) is 4.42. The van der Waals surface area contributed by atoms with Crippen molar-refractivity contribution in [1.82, 2.24) is 0 Å². The van der Waals surface area contributed by atoms with E-state index in [1.807, 2.05) is 13.8 Å². The SMILES string of the molecule is CC(C)Oc1cccc(C(=O)O)c1OC1CC1. The number of rotatable bonds is 5. The van der Waals surface area contributed by atoms with Gasteiger partial charge in [0, 0.05) is 0 Å². The molecule has 1 N–H and O–H groups in total. The van der Waals surface area contributed by atoms with E-state index in [1.165, 1.54) is 6.07 Å². The number of carboxylic acid groups (broad SMARTS) is 1. The van der Waals surface area contributed by atoms with E-state index >= 15 is 0 Å². The topological polar surface area (TPSA) is 55.8 Å². The summed E-state index contributed by atoms with van der Waals surface area (Å²) < 4.78 is 11.2. The summed E-state index contributed by atoms with van der Waals surface area (Å²) in [4.78, 5) is 11.1. The molecule has 1 fully saturated rings. The van der Waals surface area contributed by atoms with Crippen LogP contribution in [0, 0.1) is 0 Å². The van der Waals surface area contributed by atoms with Gasteiger partial charge < -0.3 is 14.6 Å². The van der Waals surface area contributed by atoms with Crippen LogP contribution in [0.15, 0.2) is 18.2 Å². The van der Waals surface area contributed by atoms with Crippen molar-refractivity contribution < 1.29 is 19.4 Å². The molecule has 0 aliphatic heterocycles. The Labute approximate surface area is 100 Å². The van der Waals surface area contributed by atoms with E-state index in [-0.39, 0.29) is 17.8 Å². The first kappa shape index (κ1) is 11.8. The maximum Gasteiger partial charge on any atom is 0.339 e. The number of para-hydroxylation sites is 1. The Hall–Kier alpha value is -1.71. The molecule has 1 aromatic carbocycles. The zero-order valence-electron chi connectivity index (χ0n) is 9.97. The summed E-state index contributed by atoms with van der Waals surface area (Å²) in [7, 11) is 0. The van der Waals surface area contributed by atoms with Crippen LogP contribution in [0.1, 0.15) is 37.0 Å². The molecule has 1 aromatic rings. The standard InChI is InChI=1S/C13H16O4/c1-8(2)16-11-5-3-4-10(13(14)15)12(11)17-9-6-7-9/h3-5,8-9H,6-7H2,1-2H3,(H,14,15). The first-order valence-electron chi connectivity index (χ1n) is 5.77. The van der Waals surface area contributed by atoms with E-state index in [4.69, 9.17) is 14.6 Å². The predicted octanol–water partition coefficient (Wildman–Crippen LogP) is 2.71. The molecular formula is C13H16O4. The quantitative estimate of drug-likeness (QED) is 0.854. The van der Waals surface area contributed by atoms with Gasteiger partial charge in [-0.05, 0) is 38.8 Å². The number of hydrogen-bond acceptors (Lipinski definition) is 3. The molecule has 0 heterocycles. The van der Waals surface area contributed by atoms with Gasteiger partial charge in [0.15, 0.2) is 11.5 Å². The minimum atomic E-state index is -0.991. The number of ether oxygens (including phenoxy) is 2. The second kappa shape index (κ2) is 4.65. The molecule has 0 amide bonds. The maximum atomic E-state index is 11.1. The van der Waals surface area contributed by atoms with Crippen molar-refractivity contribution >= 4 is 5.97 Å². The van der Waals surface area contributed by atoms with Crippen LogP contribution in [0.5, 0.6) is 11.5 Å². The Morgan fingerprint density at radius 3 is 2.65 bits per heavy atom. The minimum Gasteiger partial charge on any atom is -0.487 e. The lowest BCUT2D eigenvalue weighted by Crippen LogP contribution is -2.11. The van der Waals surface area contributed by atoms with Gasteiger partial charge in [0.2, 0.25) is 0 Å². The molecule has 0 unspecified atom stereocenters. The molecule has 4 nitrogen and oxygen atoms in total. The number of aromatic carboxylic acids is 1. The van der Waals surface area contributed by atoms with E-state index in [2.05, 4.69) is 0 Å². The highest BCUT2D eigenvalue weighted by Crippen LogP contribution is 2.37. The zero-order chi connectivity index (χ0) is 12.4. The molecular weight excluding hydrogens is 220 g/mol. The lowest BCUT2D eigenvalue weighted by Gasteiger charge is -2.16. The lowest BCUT2D eigenvalue weighted by atomic mass is 10.2. The molecule has 1 aliphatic carbocycles. The average molecular weight is 236 g/mol. The van der Waals surface area contributed by atoms with Crippen LogP contribution in [-0.2, 0) is 0 Å². The van der Waals surface area contributed by atoms with Gasteiger partial charge in [-0.25, -0.2) is 4.79 Å². The highest BCUT2D eigenvalue weighted by Gasteiger charge is 2.28. The van der Waals surface area contributed by atoms with Crippen LogP contribution in [0.4, 0.5) is 0 Å². The summed E-state index contributed by atoms with van der Waals surface area (Å²) in [6.45, 7) is 3.79. The molecule has 0 spiro atoms. The Bertz CT molecular complexity index is 421. The Balaban J connectivity index is 2.34. The van der Waals surface area contributed by atoms with Crippen LogP contribution in [0.2, 0.25) is 0 Å². The van der Waals surface area contributed by atoms with Gasteiger partial charge in [-0.1, -0.05) is 6.07 Å². The molecule has 17 heavy (non-hydrogen) atoms. The molecule has 0 aromatic heterocycles. The second-order valence-electron chi connectivity index (χ2n) is 4.42. The number of carbonyl (C=O) groups is 1. The Morgan fingerprint density at radius 1 is 1.41 bits per heavy atom. The summed E-state index contributed by atoms with van der Waals surface area (Å²) in [5.41, 5.74) is 0.162. The fourth-order valence-corrected chi connectivity index (χ4v) is 1.51. The van der Waals surface area contributed by atoms with Gasteiger partial charge in [-0.15, -0.1) is 0 Å². The first-order valence-corrected chi connectivity index (χ1v) is 5.77. The van der Waals surface area contributed by atoms with E-state index in [9.17, 15) is 4.79 Å². The minimum absolute atomic E-state index is 0.0133. The van der Waals surface area contributed by atoms with Gasteiger partial charge in [0.25, 0.3) is 0 Å². The number of hydrogen-bond donors (Lipinski definition) is 1. The Morgan fingerprint density at radius 2 is 2.12 bits per heavy atom. The van der Waals surface area contributed by atoms with Crippen molar-refractivity contribution in [2.45, 2.75) is 38.9 Å². The zero-order valence-corrected chi connectivity index (χ0v) is 9.97. The third-order valence-corrected chi connectivity index (χ3v) is 2.38. The third-order valence-electron chi connectivity index (χ3n) is 2.38. The highest BCUT2D eigenvalue weighted by atomic mass is 16.5. The van der Waals surface area contributed by atoms with Crippen molar-refractivity contribution in [3.05, 3.63) is 23.8 Å². The summed E-state index contributed by atoms with van der Waals surface area (Å²) in [6, 6.07) is 4.94. The molecule has 4 heteroatoms. The first-order chi connectivity index (χ1) is 8.08. The van der Waals surface area contributed by atoms with Crippen molar-refractivity contribution in [3.63, 3.8) is 0 Å². The molecule has 0 saturated heterocycles. The average Bonchev–Trinajstić information content (AvgIpc) is 3.03. The van der Waals surface area contributed by atoms with Gasteiger partial charge >= 0.3 is 5.97 Å². The van der Waals surface area contributed by atoms with E-state index in [0.717, 1.165) is 12.8 Å². The van der Waals surface area contributed by atoms with Crippen LogP contribution >= 0.6 is 0 Å². The third kappa shape index (κ3) is 2.90. The van der Waals surface area contributed by atoms with E-state index in [1.54, 1.807) is 12.1 Å². The highest BCUT2D eigenvalue weighted by molar-refractivity contribution is 5.92. The van der Waals surface area contributed by atoms with E-state index in [0.29, 0.717) is 11.5 Å². The summed E-state index contributed by atoms with van der Waals surface area (Å²) >= 11 is 0. The molecule has 1 saturated carbocycles. The molecule has 92 valence electrons. The van der Waals surface area contributed by atoms with Crippen LogP contribution in [-0.4, -0.2) is 23.3 Å². The molecule has 2 rings (SSSR count). The summed E-state index contributed by atoms with van der Waals surface area (Å²) in [5, 5.41) is 9.12. The van der Waals surface area contributed by atoms with Gasteiger partial charge in [-0.2, -0.15) is 0 Å². The lowest BCUT2D eigenvalue weighted by molar-refractivity contribution is 0.0690. The van der Waals surface area contributed by atoms with E-state index < -0.39 is 5.97 Å². The number of carboxylic acids is 1. The van der Waals surface area contributed by atoms with Gasteiger partial charge in [-0.3, -0.25) is 0 Å². The maximum absolute atomic E-state index is 11.1. The van der Waals surface area contributed by atoms with Crippen molar-refractivity contribution in [3.8, 4) is 11.5 Å². The normalized spacial score (nSPS) is 14.8. The van der Waals surface area contributed by atoms with Gasteiger partial charge in [0.1, 0.15) is 5.56 Å². The van der Waals surface area contributed by atoms with Crippen molar-refractivity contribution in [2.75, 3.05) is 0 Å². The van der Waals surface area contributed by atoms with Crippen LogP contribution < -0.4 is 9.47 Å². The fourth-order valence-electron chi connectivity index (χ4n) is 1.51. The number of benzene rings is 1. The van der Waals surface area contributed by atoms with Crippen molar-refractivity contribution in [1.29, 1.82) is 0 Å². The predicted molar refractivity (Wildman–Crippen MR) is 62.8 cm³/mol. The molecule has 0 radical (unpaired) electrons. The van der Waals surface area contributed by atoms with Crippen molar-refractivity contribution in [2.24, 2.45) is 0 Å². The smallest absolute Gasteiger partial charge is 0.339 e. The fraction of sp³-hybridized carbons (Fsp3) is 0.462. The van der Waals surface area contributed by atoms with Crippen LogP contribution in [0.25, 0.3) is 0 Å². The summed E-state index contributed by atoms with van der Waals surface area (Å²) in [5.74, 6) is -0.127. The van der Waals surface area contributed by atoms with Crippen LogP contribution in [0.3, 0.4) is 0 Å².